The van der Waals surface area contributed by atoms with Crippen molar-refractivity contribution in [3.8, 4) is 33.6 Å². The Bertz CT molecular complexity index is 2560. The first-order chi connectivity index (χ1) is 30.4. The van der Waals surface area contributed by atoms with E-state index < -0.39 is 24.3 Å². The number of fused-ring (bicyclic) bond motifs is 6. The summed E-state index contributed by atoms with van der Waals surface area (Å²) in [6.45, 7) is 8.82. The van der Waals surface area contributed by atoms with Crippen molar-refractivity contribution in [3.05, 3.63) is 83.7 Å². The molecule has 0 spiro atoms. The lowest BCUT2D eigenvalue weighted by Gasteiger charge is -2.30. The number of amides is 4. The van der Waals surface area contributed by atoms with Gasteiger partial charge in [0.25, 0.3) is 0 Å². The van der Waals surface area contributed by atoms with Gasteiger partial charge in [-0.3, -0.25) is 9.59 Å². The molecule has 3 fully saturated rings. The van der Waals surface area contributed by atoms with Crippen molar-refractivity contribution >= 4 is 34.8 Å². The molecule has 2 bridgehead atoms. The third-order valence-electron chi connectivity index (χ3n) is 13.4. The molecule has 6 atom stereocenters. The first-order valence-corrected chi connectivity index (χ1v) is 22.2. The minimum atomic E-state index is -0.700. The van der Waals surface area contributed by atoms with Crippen molar-refractivity contribution in [1.82, 2.24) is 40.4 Å². The maximum absolute atomic E-state index is 13.8. The summed E-state index contributed by atoms with van der Waals surface area (Å²) in [7, 11) is 2.59. The number of alkyl carbamates (subject to hydrolysis) is 2. The van der Waals surface area contributed by atoms with Gasteiger partial charge in [-0.2, -0.15) is 0 Å². The fourth-order valence-electron chi connectivity index (χ4n) is 10.1. The van der Waals surface area contributed by atoms with Crippen LogP contribution in [0.15, 0.2) is 60.9 Å². The number of aromatic nitrogens is 4. The molecule has 2 aromatic heterocycles. The number of hydrogen-bond acceptors (Lipinski definition) is 9. The lowest BCUT2D eigenvalue weighted by atomic mass is 9.82. The predicted octanol–water partition coefficient (Wildman–Crippen LogP) is 8.28. The van der Waals surface area contributed by atoms with Gasteiger partial charge in [0.2, 0.25) is 11.8 Å². The molecule has 4 aliphatic heterocycles. The van der Waals surface area contributed by atoms with Gasteiger partial charge in [-0.15, -0.1) is 0 Å². The monoisotopic (exact) mass is 856 g/mol. The van der Waals surface area contributed by atoms with E-state index in [4.69, 9.17) is 24.2 Å². The molecular weight excluding hydrogens is 801 g/mol. The van der Waals surface area contributed by atoms with Crippen LogP contribution in [0.4, 0.5) is 9.59 Å². The molecule has 0 aliphatic carbocycles. The summed E-state index contributed by atoms with van der Waals surface area (Å²) in [5.74, 6) is 0.965. The quantitative estimate of drug-likeness (QED) is 0.102. The standard InChI is InChI=1S/C48H56N8O7/c1-25(2)41(53-47(59)61-5)45(57)55-19-7-9-35(55)43-49-23-33(51-43)30-14-12-27-21-29(13-11-28(27)22-30)31-15-16-32(40-38-18-17-37(63-38)39(31)40)34-24-50-44(52-34)36-10-8-20-56(36)46(58)42(26(3)4)54-48(60)62-6/h11-16,21-26,35-38,41-42H,7-10,17-20H2,1-6H3,(H,49,51)(H,50,52)(H,53,59)(H,54,60)/t35-,36-,37?,38?,41+,42-/m0/s1. The minimum Gasteiger partial charge on any atom is -0.453 e. The van der Waals surface area contributed by atoms with Crippen LogP contribution in [0.25, 0.3) is 44.4 Å². The number of rotatable bonds is 11. The van der Waals surface area contributed by atoms with Gasteiger partial charge in [0, 0.05) is 24.2 Å². The SMILES string of the molecule is COC(=O)N[C@H](C(=O)N1CCC[C@H]1c1ncc(-c2ccc(-c3ccc4cc(-c5cnc([C@@H]6CCCN6C(=O)[C@H](NC(=O)OC)C(C)C)[nH]5)ccc4c3)c3c2C2CCC3O2)[nH]1)C(C)C. The van der Waals surface area contributed by atoms with Crippen LogP contribution in [-0.4, -0.2) is 93.1 Å². The van der Waals surface area contributed by atoms with Crippen molar-refractivity contribution in [2.75, 3.05) is 27.3 Å². The second kappa shape index (κ2) is 17.2. The average Bonchev–Trinajstić information content (AvgIpc) is 4.15. The van der Waals surface area contributed by atoms with Crippen LogP contribution in [0.2, 0.25) is 0 Å². The maximum Gasteiger partial charge on any atom is 0.407 e. The van der Waals surface area contributed by atoms with E-state index in [0.29, 0.717) is 13.1 Å². The van der Waals surface area contributed by atoms with Crippen LogP contribution in [-0.2, 0) is 23.8 Å². The van der Waals surface area contributed by atoms with Crippen LogP contribution in [0.5, 0.6) is 0 Å². The normalized spacial score (nSPS) is 21.3. The Morgan fingerprint density at radius 3 is 1.67 bits per heavy atom. The molecule has 3 saturated heterocycles. The number of benzene rings is 3. The van der Waals surface area contributed by atoms with Crippen molar-refractivity contribution in [2.45, 2.75) is 103 Å². The molecular formula is C48H56N8O7. The molecule has 6 heterocycles. The minimum absolute atomic E-state index is 0.00245. The van der Waals surface area contributed by atoms with E-state index in [1.165, 1.54) is 25.3 Å². The number of nitrogens with one attached hydrogen (secondary N) is 4. The van der Waals surface area contributed by atoms with E-state index in [0.717, 1.165) is 94.6 Å². The maximum atomic E-state index is 13.8. The highest BCUT2D eigenvalue weighted by molar-refractivity contribution is 5.92. The highest BCUT2D eigenvalue weighted by Gasteiger charge is 2.43. The third-order valence-corrected chi connectivity index (χ3v) is 13.4. The van der Waals surface area contributed by atoms with Gasteiger partial charge in [0.05, 0.1) is 62.3 Å². The molecule has 9 rings (SSSR count). The fraction of sp³-hybridized carbons (Fsp3) is 0.458. The lowest BCUT2D eigenvalue weighted by molar-refractivity contribution is -0.136. The zero-order valence-electron chi connectivity index (χ0n) is 36.7. The first-order valence-electron chi connectivity index (χ1n) is 22.2. The predicted molar refractivity (Wildman–Crippen MR) is 236 cm³/mol. The van der Waals surface area contributed by atoms with Crippen LogP contribution >= 0.6 is 0 Å². The first kappa shape index (κ1) is 42.1. The molecule has 0 saturated carbocycles. The van der Waals surface area contributed by atoms with E-state index in [-0.39, 0.29) is 47.9 Å². The van der Waals surface area contributed by atoms with Gasteiger partial charge in [0.15, 0.2) is 0 Å². The molecule has 4 aliphatic rings. The van der Waals surface area contributed by atoms with Gasteiger partial charge in [-0.1, -0.05) is 64.1 Å². The molecule has 3 aromatic carbocycles. The molecule has 4 N–H and O–H groups in total. The summed E-state index contributed by atoms with van der Waals surface area (Å²) in [6.07, 6.45) is 7.64. The number of H-pyrrole nitrogens is 2. The number of carbonyl (C=O) groups is 4. The number of likely N-dealkylation sites (tertiary alicyclic amines) is 2. The number of imidazole rings is 2. The van der Waals surface area contributed by atoms with Crippen molar-refractivity contribution in [1.29, 1.82) is 0 Å². The number of methoxy groups -OCH3 is 2. The highest BCUT2D eigenvalue weighted by Crippen LogP contribution is 2.56. The van der Waals surface area contributed by atoms with Crippen molar-refractivity contribution in [2.24, 2.45) is 11.8 Å². The second-order valence-electron chi connectivity index (χ2n) is 17.9. The van der Waals surface area contributed by atoms with Crippen molar-refractivity contribution in [3.63, 3.8) is 0 Å². The molecule has 0 radical (unpaired) electrons. The summed E-state index contributed by atoms with van der Waals surface area (Å²) in [5.41, 5.74) is 8.54. The smallest absolute Gasteiger partial charge is 0.407 e. The van der Waals surface area contributed by atoms with E-state index >= 15 is 0 Å². The van der Waals surface area contributed by atoms with Gasteiger partial charge in [-0.05, 0) is 95.5 Å². The van der Waals surface area contributed by atoms with Gasteiger partial charge < -0.3 is 44.6 Å². The largest absolute Gasteiger partial charge is 0.453 e. The molecule has 5 aromatic rings. The zero-order valence-corrected chi connectivity index (χ0v) is 36.7. The highest BCUT2D eigenvalue weighted by atomic mass is 16.5. The molecule has 15 nitrogen and oxygen atoms in total. The summed E-state index contributed by atoms with van der Waals surface area (Å²) in [6, 6.07) is 15.5. The summed E-state index contributed by atoms with van der Waals surface area (Å²) in [4.78, 5) is 71.9. The van der Waals surface area contributed by atoms with E-state index in [1.54, 1.807) is 0 Å². The Hall–Kier alpha value is -6.22. The van der Waals surface area contributed by atoms with Crippen LogP contribution in [0.1, 0.15) is 113 Å². The summed E-state index contributed by atoms with van der Waals surface area (Å²) in [5, 5.41) is 7.65. The van der Waals surface area contributed by atoms with Crippen LogP contribution in [0.3, 0.4) is 0 Å². The number of hydrogen-bond donors (Lipinski definition) is 4. The van der Waals surface area contributed by atoms with E-state index in [1.807, 2.05) is 49.9 Å². The Balaban J connectivity index is 0.951. The Kier molecular flexibility index (Phi) is 11.5. The average molecular weight is 857 g/mol. The molecule has 63 heavy (non-hydrogen) atoms. The fourth-order valence-corrected chi connectivity index (χ4v) is 10.1. The number of carbonyl (C=O) groups excluding carboxylic acids is 4. The Labute approximate surface area is 366 Å². The molecule has 2 unspecified atom stereocenters. The van der Waals surface area contributed by atoms with E-state index in [2.05, 4.69) is 69.1 Å². The third kappa shape index (κ3) is 7.80. The molecule has 4 amide bonds. The van der Waals surface area contributed by atoms with Gasteiger partial charge >= 0.3 is 12.2 Å². The summed E-state index contributed by atoms with van der Waals surface area (Å²) < 4.78 is 16.2. The topological polar surface area (TPSA) is 184 Å². The van der Waals surface area contributed by atoms with Crippen molar-refractivity contribution < 1.29 is 33.4 Å². The molecule has 15 heteroatoms. The van der Waals surface area contributed by atoms with Crippen LogP contribution < -0.4 is 10.6 Å². The Morgan fingerprint density at radius 1 is 0.651 bits per heavy atom. The van der Waals surface area contributed by atoms with Gasteiger partial charge in [0.1, 0.15) is 23.7 Å². The zero-order chi connectivity index (χ0) is 44.1. The van der Waals surface area contributed by atoms with Crippen LogP contribution in [0, 0.1) is 11.8 Å². The number of ether oxygens (including phenoxy) is 3. The van der Waals surface area contributed by atoms with Gasteiger partial charge in [-0.25, -0.2) is 19.6 Å². The summed E-state index contributed by atoms with van der Waals surface area (Å²) >= 11 is 0. The number of nitrogens with zero attached hydrogens (tertiary/aromatic N) is 4. The molecule has 330 valence electrons. The number of aromatic amines is 2. The lowest BCUT2D eigenvalue weighted by Crippen LogP contribution is -2.51. The second-order valence-corrected chi connectivity index (χ2v) is 17.9. The Morgan fingerprint density at radius 2 is 1.13 bits per heavy atom. The van der Waals surface area contributed by atoms with E-state index in [9.17, 15) is 19.2 Å².